The Morgan fingerprint density at radius 1 is 1.09 bits per heavy atom. The van der Waals surface area contributed by atoms with Crippen molar-refractivity contribution in [1.29, 1.82) is 5.26 Å². The molecule has 0 N–H and O–H groups in total. The van der Waals surface area contributed by atoms with Gasteiger partial charge in [-0.15, -0.1) is 0 Å². The van der Waals surface area contributed by atoms with Crippen molar-refractivity contribution >= 4 is 15.7 Å². The van der Waals surface area contributed by atoms with Gasteiger partial charge in [-0.3, -0.25) is 9.36 Å². The molecule has 180 valence electrons. The van der Waals surface area contributed by atoms with Crippen molar-refractivity contribution in [2.75, 3.05) is 13.1 Å². The van der Waals surface area contributed by atoms with Gasteiger partial charge in [0.05, 0.1) is 21.5 Å². The summed E-state index contributed by atoms with van der Waals surface area (Å²) in [6.45, 7) is 6.00. The Hall–Kier alpha value is -3.57. The summed E-state index contributed by atoms with van der Waals surface area (Å²) in [4.78, 5) is 15.4. The van der Waals surface area contributed by atoms with E-state index in [0.29, 0.717) is 42.8 Å². The number of sulfone groups is 1. The van der Waals surface area contributed by atoms with Crippen molar-refractivity contribution in [3.63, 3.8) is 0 Å². The van der Waals surface area contributed by atoms with Crippen molar-refractivity contribution in [1.82, 2.24) is 9.47 Å². The van der Waals surface area contributed by atoms with Gasteiger partial charge in [0.15, 0.2) is 15.4 Å². The van der Waals surface area contributed by atoms with Crippen LogP contribution in [0.1, 0.15) is 54.0 Å². The van der Waals surface area contributed by atoms with Gasteiger partial charge in [0.25, 0.3) is 5.91 Å². The minimum Gasteiger partial charge on any atom is -0.479 e. The summed E-state index contributed by atoms with van der Waals surface area (Å²) in [5.41, 5.74) is 2.77. The van der Waals surface area contributed by atoms with Crippen LogP contribution in [-0.2, 0) is 15.4 Å². The van der Waals surface area contributed by atoms with Gasteiger partial charge in [0.2, 0.25) is 0 Å². The number of amides is 1. The molecule has 3 heterocycles. The summed E-state index contributed by atoms with van der Waals surface area (Å²) in [5.74, 6) is 0.603. The number of likely N-dealkylation sites (tertiary alicyclic amines) is 1. The molecular weight excluding hydrogens is 462 g/mol. The first kappa shape index (κ1) is 23.2. The number of nitriles is 1. The minimum absolute atomic E-state index is 0.124. The van der Waals surface area contributed by atoms with E-state index in [1.165, 1.54) is 0 Å². The minimum atomic E-state index is -3.41. The number of hydrogen-bond acceptors (Lipinski definition) is 5. The Labute approximate surface area is 205 Å². The number of nitrogens with zero attached hydrogens (tertiary/aromatic N) is 3. The Morgan fingerprint density at radius 3 is 2.46 bits per heavy atom. The summed E-state index contributed by atoms with van der Waals surface area (Å²) in [6.07, 6.45) is 1.17. The molecule has 0 radical (unpaired) electrons. The molecule has 1 aromatic heterocycles. The SMILES string of the molecule is Cc1cc(C(=O)N2CCC3(CC2)Oc2ccccc2-n2c(C#N)ccc23)ccc1S(=O)(=O)C(C)C. The zero-order chi connectivity index (χ0) is 25.0. The van der Waals surface area contributed by atoms with Gasteiger partial charge < -0.3 is 9.64 Å². The lowest BCUT2D eigenvalue weighted by molar-refractivity contribution is -0.00938. The van der Waals surface area contributed by atoms with Crippen LogP contribution < -0.4 is 4.74 Å². The molecule has 0 bridgehead atoms. The predicted molar refractivity (Wildman–Crippen MR) is 131 cm³/mol. The molecule has 2 aliphatic heterocycles. The third-order valence-corrected chi connectivity index (χ3v) is 9.39. The normalized spacial score (nSPS) is 16.4. The number of hydrogen-bond donors (Lipinski definition) is 0. The highest BCUT2D eigenvalue weighted by Crippen LogP contribution is 2.46. The maximum absolute atomic E-state index is 13.3. The number of carbonyl (C=O) groups excluding carboxylic acids is 1. The molecule has 0 saturated carbocycles. The first-order chi connectivity index (χ1) is 16.7. The van der Waals surface area contributed by atoms with Gasteiger partial charge in [-0.05, 0) is 68.8 Å². The second-order valence-electron chi connectivity index (χ2n) is 9.48. The van der Waals surface area contributed by atoms with Gasteiger partial charge >= 0.3 is 0 Å². The van der Waals surface area contributed by atoms with E-state index in [-0.39, 0.29) is 10.8 Å². The fourth-order valence-corrected chi connectivity index (χ4v) is 6.37. The van der Waals surface area contributed by atoms with Crippen LogP contribution >= 0.6 is 0 Å². The second-order valence-corrected chi connectivity index (χ2v) is 12.0. The van der Waals surface area contributed by atoms with Crippen molar-refractivity contribution in [2.45, 2.75) is 49.4 Å². The lowest BCUT2D eigenvalue weighted by atomic mass is 9.86. The zero-order valence-electron chi connectivity index (χ0n) is 20.0. The average molecular weight is 490 g/mol. The van der Waals surface area contributed by atoms with Gasteiger partial charge in [-0.1, -0.05) is 12.1 Å². The topological polar surface area (TPSA) is 92.4 Å². The first-order valence-corrected chi connectivity index (χ1v) is 13.3. The summed E-state index contributed by atoms with van der Waals surface area (Å²) >= 11 is 0. The standard InChI is InChI=1S/C27H27N3O4S/c1-18(2)35(32,33)24-10-8-20(16-19(24)3)26(31)29-14-12-27(13-15-29)25-11-9-21(17-28)30(25)22-6-4-5-7-23(22)34-27/h4-11,16,18H,12-15H2,1-3H3. The molecule has 35 heavy (non-hydrogen) atoms. The van der Waals surface area contributed by atoms with Crippen LogP contribution in [0.4, 0.5) is 0 Å². The van der Waals surface area contributed by atoms with Crippen LogP contribution in [0, 0.1) is 18.3 Å². The van der Waals surface area contributed by atoms with Crippen molar-refractivity contribution in [3.8, 4) is 17.5 Å². The largest absolute Gasteiger partial charge is 0.479 e. The van der Waals surface area contributed by atoms with Crippen LogP contribution in [0.5, 0.6) is 5.75 Å². The third-order valence-electron chi connectivity index (χ3n) is 7.08. The van der Waals surface area contributed by atoms with Crippen LogP contribution in [0.3, 0.4) is 0 Å². The summed E-state index contributed by atoms with van der Waals surface area (Å²) in [5, 5.41) is 9.13. The van der Waals surface area contributed by atoms with Crippen LogP contribution in [0.2, 0.25) is 0 Å². The molecule has 7 nitrogen and oxygen atoms in total. The van der Waals surface area contributed by atoms with Crippen molar-refractivity contribution in [3.05, 3.63) is 77.1 Å². The summed E-state index contributed by atoms with van der Waals surface area (Å²) in [7, 11) is -3.41. The van der Waals surface area contributed by atoms with E-state index < -0.39 is 20.7 Å². The fourth-order valence-electron chi connectivity index (χ4n) is 5.10. The van der Waals surface area contributed by atoms with Crippen molar-refractivity contribution < 1.29 is 17.9 Å². The number of para-hydroxylation sites is 2. The molecule has 0 aliphatic carbocycles. The predicted octanol–water partition coefficient (Wildman–Crippen LogP) is 4.36. The molecule has 0 unspecified atom stereocenters. The lowest BCUT2D eigenvalue weighted by Crippen LogP contribution is -2.50. The maximum atomic E-state index is 13.3. The van der Waals surface area contributed by atoms with Crippen molar-refractivity contribution in [2.24, 2.45) is 0 Å². The number of carbonyl (C=O) groups is 1. The molecule has 0 atom stereocenters. The van der Waals surface area contributed by atoms with Crippen LogP contribution in [0.25, 0.3) is 5.69 Å². The highest BCUT2D eigenvalue weighted by atomic mass is 32.2. The first-order valence-electron chi connectivity index (χ1n) is 11.7. The summed E-state index contributed by atoms with van der Waals surface area (Å²) < 4.78 is 33.7. The number of ether oxygens (including phenoxy) is 1. The zero-order valence-corrected chi connectivity index (χ0v) is 20.8. The highest BCUT2D eigenvalue weighted by Gasteiger charge is 2.45. The van der Waals surface area contributed by atoms with E-state index in [1.54, 1.807) is 43.9 Å². The number of fused-ring (bicyclic) bond motifs is 4. The monoisotopic (exact) mass is 489 g/mol. The molecular formula is C27H27N3O4S. The van der Waals surface area contributed by atoms with Crippen LogP contribution in [-0.4, -0.2) is 42.1 Å². The average Bonchev–Trinajstić information content (AvgIpc) is 3.29. The van der Waals surface area contributed by atoms with Gasteiger partial charge in [0, 0.05) is 31.5 Å². The molecule has 3 aromatic rings. The highest BCUT2D eigenvalue weighted by molar-refractivity contribution is 7.92. The maximum Gasteiger partial charge on any atom is 0.253 e. The lowest BCUT2D eigenvalue weighted by Gasteiger charge is -2.45. The van der Waals surface area contributed by atoms with E-state index in [9.17, 15) is 18.5 Å². The van der Waals surface area contributed by atoms with E-state index in [2.05, 4.69) is 6.07 Å². The summed E-state index contributed by atoms with van der Waals surface area (Å²) in [6, 6.07) is 18.5. The van der Waals surface area contributed by atoms with E-state index in [0.717, 1.165) is 17.1 Å². The number of aromatic nitrogens is 1. The smallest absolute Gasteiger partial charge is 0.253 e. The Balaban J connectivity index is 1.40. The fraction of sp³-hybridized carbons (Fsp3) is 0.333. The molecule has 2 aliphatic rings. The third kappa shape index (κ3) is 3.62. The Bertz CT molecular complexity index is 1470. The molecule has 1 spiro atoms. The molecule has 2 aromatic carbocycles. The number of aryl methyl sites for hydroxylation is 1. The molecule has 1 fully saturated rings. The molecule has 1 amide bonds. The Morgan fingerprint density at radius 2 is 1.80 bits per heavy atom. The van der Waals surface area contributed by atoms with Gasteiger partial charge in [0.1, 0.15) is 17.5 Å². The number of benzene rings is 2. The molecule has 8 heteroatoms. The van der Waals surface area contributed by atoms with E-state index in [1.807, 2.05) is 41.0 Å². The Kier molecular flexibility index (Phi) is 5.48. The quantitative estimate of drug-likeness (QED) is 0.545. The van der Waals surface area contributed by atoms with E-state index in [4.69, 9.17) is 4.74 Å². The van der Waals surface area contributed by atoms with Gasteiger partial charge in [-0.2, -0.15) is 5.26 Å². The van der Waals surface area contributed by atoms with E-state index >= 15 is 0 Å². The molecule has 5 rings (SSSR count). The number of piperidine rings is 1. The van der Waals surface area contributed by atoms with Gasteiger partial charge in [-0.25, -0.2) is 8.42 Å². The molecule has 1 saturated heterocycles. The second kappa shape index (κ2) is 8.28. The van der Waals surface area contributed by atoms with Crippen LogP contribution in [0.15, 0.2) is 59.5 Å². The number of rotatable bonds is 3.